The Morgan fingerprint density at radius 1 is 1.41 bits per heavy atom. The summed E-state index contributed by atoms with van der Waals surface area (Å²) in [6, 6.07) is 5.76. The number of likely N-dealkylation sites (N-methyl/N-ethyl adjacent to an activating group) is 1. The molecule has 1 aliphatic heterocycles. The van der Waals surface area contributed by atoms with Gasteiger partial charge in [0, 0.05) is 54.0 Å². The number of primary amides is 1. The van der Waals surface area contributed by atoms with Gasteiger partial charge in [-0.2, -0.15) is 0 Å². The summed E-state index contributed by atoms with van der Waals surface area (Å²) in [6.07, 6.45) is -0.144. The van der Waals surface area contributed by atoms with E-state index in [9.17, 15) is 9.59 Å². The highest BCUT2D eigenvalue weighted by molar-refractivity contribution is 6.33. The molecule has 1 amide bonds. The first-order chi connectivity index (χ1) is 16.2. The van der Waals surface area contributed by atoms with E-state index >= 15 is 8.78 Å². The third-order valence-electron chi connectivity index (χ3n) is 6.42. The van der Waals surface area contributed by atoms with E-state index in [0.717, 1.165) is 6.07 Å². The van der Waals surface area contributed by atoms with Crippen LogP contribution in [0.4, 0.5) is 8.78 Å². The van der Waals surface area contributed by atoms with Crippen molar-refractivity contribution in [1.29, 1.82) is 0 Å². The predicted molar refractivity (Wildman–Crippen MR) is 124 cm³/mol. The van der Waals surface area contributed by atoms with Gasteiger partial charge in [-0.15, -0.1) is 0 Å². The zero-order valence-electron chi connectivity index (χ0n) is 18.7. The second-order valence-corrected chi connectivity index (χ2v) is 8.66. The lowest BCUT2D eigenvalue weighted by Gasteiger charge is -2.33. The normalized spacial score (nSPS) is 25.9. The van der Waals surface area contributed by atoms with Crippen LogP contribution in [0.5, 0.6) is 5.75 Å². The standard InChI is InChI=1S/C24H24ClF2N3O4/c1-11-18-15(34-24(11,10-29-2)16-5-4-6-17(31)30-16)9-13(26)21(25)20(18)19-12(23(28)32)7-8-14(33-3)22(19)27/h4-9,11,14,22,29H,10H2,1-3H3,(H2,28,32)(H,30,31)/t11-,14?,22?,24-/m0/s1. The van der Waals surface area contributed by atoms with Crippen LogP contribution in [0.25, 0.3) is 5.57 Å². The van der Waals surface area contributed by atoms with Gasteiger partial charge in [-0.3, -0.25) is 9.59 Å². The molecule has 0 bridgehead atoms. The maximum atomic E-state index is 15.7. The molecule has 2 aromatic rings. The molecule has 1 aromatic carbocycles. The Hall–Kier alpha value is -3.01. The fourth-order valence-electron chi connectivity index (χ4n) is 4.82. The van der Waals surface area contributed by atoms with Crippen LogP contribution in [0.2, 0.25) is 5.02 Å². The van der Waals surface area contributed by atoms with E-state index in [-0.39, 0.29) is 39.6 Å². The number of aromatic amines is 1. The number of carbonyl (C=O) groups excluding carboxylic acids is 1. The van der Waals surface area contributed by atoms with Gasteiger partial charge < -0.3 is 25.5 Å². The number of rotatable bonds is 6. The lowest BCUT2D eigenvalue weighted by molar-refractivity contribution is -0.114. The van der Waals surface area contributed by atoms with Crippen LogP contribution >= 0.6 is 11.6 Å². The zero-order chi connectivity index (χ0) is 24.8. The average Bonchev–Trinajstić information content (AvgIpc) is 3.07. The van der Waals surface area contributed by atoms with Gasteiger partial charge >= 0.3 is 0 Å². The maximum absolute atomic E-state index is 15.7. The van der Waals surface area contributed by atoms with Gasteiger partial charge in [0.2, 0.25) is 11.5 Å². The van der Waals surface area contributed by atoms with Gasteiger partial charge in [-0.05, 0) is 13.1 Å². The molecule has 1 aromatic heterocycles. The number of methoxy groups -OCH3 is 1. The fourth-order valence-corrected chi connectivity index (χ4v) is 5.08. The smallest absolute Gasteiger partial charge is 0.249 e. The molecule has 7 nitrogen and oxygen atoms in total. The van der Waals surface area contributed by atoms with Gasteiger partial charge in [0.25, 0.3) is 0 Å². The molecule has 0 saturated heterocycles. The first-order valence-electron chi connectivity index (χ1n) is 10.6. The number of carbonyl (C=O) groups is 1. The highest BCUT2D eigenvalue weighted by atomic mass is 35.5. The molecule has 180 valence electrons. The van der Waals surface area contributed by atoms with Crippen LogP contribution < -0.4 is 21.3 Å². The average molecular weight is 492 g/mol. The minimum absolute atomic E-state index is 0.00637. The largest absolute Gasteiger partial charge is 0.479 e. The zero-order valence-corrected chi connectivity index (χ0v) is 19.5. The Balaban J connectivity index is 2.02. The van der Waals surface area contributed by atoms with Crippen molar-refractivity contribution in [3.05, 3.63) is 80.0 Å². The minimum Gasteiger partial charge on any atom is -0.479 e. The number of benzene rings is 1. The van der Waals surface area contributed by atoms with E-state index < -0.39 is 35.5 Å². The Bertz CT molecular complexity index is 1280. The van der Waals surface area contributed by atoms with Gasteiger partial charge in [-0.25, -0.2) is 8.78 Å². The molecule has 2 unspecified atom stereocenters. The molecule has 4 N–H and O–H groups in total. The lowest BCUT2D eigenvalue weighted by atomic mass is 9.77. The quantitative estimate of drug-likeness (QED) is 0.576. The molecule has 1 aliphatic carbocycles. The molecule has 10 heteroatoms. The summed E-state index contributed by atoms with van der Waals surface area (Å²) < 4.78 is 42.3. The summed E-state index contributed by atoms with van der Waals surface area (Å²) in [5.41, 5.74) is 4.56. The molecular formula is C24H24ClF2N3O4. The number of hydrogen-bond acceptors (Lipinski definition) is 5. The van der Waals surface area contributed by atoms with E-state index in [1.54, 1.807) is 26.1 Å². The van der Waals surface area contributed by atoms with Crippen molar-refractivity contribution in [3.63, 3.8) is 0 Å². The molecule has 2 heterocycles. The number of aromatic nitrogens is 1. The number of H-pyrrole nitrogens is 1. The number of fused-ring (bicyclic) bond motifs is 1. The topological polar surface area (TPSA) is 106 Å². The number of pyridine rings is 1. The van der Waals surface area contributed by atoms with Crippen molar-refractivity contribution in [3.8, 4) is 5.75 Å². The van der Waals surface area contributed by atoms with E-state index in [4.69, 9.17) is 26.8 Å². The number of hydrogen-bond donors (Lipinski definition) is 3. The SMILES string of the molecule is CNC[C@]1(c2cccc(=O)[nH]2)Oc2cc(F)c(Cl)c(C3=C(C(N)=O)C=CC(OC)C3F)c2[C@@H]1C. The molecule has 4 atom stereocenters. The summed E-state index contributed by atoms with van der Waals surface area (Å²) in [5.74, 6) is -2.17. The monoisotopic (exact) mass is 491 g/mol. The molecule has 34 heavy (non-hydrogen) atoms. The number of alkyl halides is 1. The van der Waals surface area contributed by atoms with Crippen LogP contribution in [0.3, 0.4) is 0 Å². The summed E-state index contributed by atoms with van der Waals surface area (Å²) >= 11 is 6.42. The number of nitrogens with two attached hydrogens (primary N) is 1. The van der Waals surface area contributed by atoms with Crippen molar-refractivity contribution in [2.24, 2.45) is 5.73 Å². The molecule has 2 aliphatic rings. The molecule has 0 spiro atoms. The van der Waals surface area contributed by atoms with E-state index in [0.29, 0.717) is 11.3 Å². The molecule has 0 saturated carbocycles. The van der Waals surface area contributed by atoms with Gasteiger partial charge in [-0.1, -0.05) is 36.7 Å². The predicted octanol–water partition coefficient (Wildman–Crippen LogP) is 2.94. The van der Waals surface area contributed by atoms with E-state index in [1.807, 2.05) is 0 Å². The lowest BCUT2D eigenvalue weighted by Crippen LogP contribution is -2.44. The summed E-state index contributed by atoms with van der Waals surface area (Å²) in [4.78, 5) is 27.1. The number of halogens is 3. The van der Waals surface area contributed by atoms with Crippen LogP contribution in [-0.2, 0) is 15.1 Å². The number of nitrogens with one attached hydrogen (secondary N) is 2. The van der Waals surface area contributed by atoms with Crippen LogP contribution in [0, 0.1) is 5.82 Å². The van der Waals surface area contributed by atoms with Gasteiger partial charge in [0.15, 0.2) is 11.8 Å². The maximum Gasteiger partial charge on any atom is 0.249 e. The van der Waals surface area contributed by atoms with Crippen LogP contribution in [0.15, 0.2) is 46.8 Å². The van der Waals surface area contributed by atoms with Crippen molar-refractivity contribution >= 4 is 23.1 Å². The van der Waals surface area contributed by atoms with E-state index in [1.165, 1.54) is 25.3 Å². The highest BCUT2D eigenvalue weighted by Gasteiger charge is 2.51. The fraction of sp³-hybridized carbons (Fsp3) is 0.333. The molecule has 0 fully saturated rings. The second-order valence-electron chi connectivity index (χ2n) is 8.28. The number of ether oxygens (including phenoxy) is 2. The Morgan fingerprint density at radius 2 is 2.15 bits per heavy atom. The Morgan fingerprint density at radius 3 is 2.76 bits per heavy atom. The first-order valence-corrected chi connectivity index (χ1v) is 11.0. The number of amides is 1. The third-order valence-corrected chi connectivity index (χ3v) is 6.79. The van der Waals surface area contributed by atoms with E-state index in [2.05, 4.69) is 10.3 Å². The van der Waals surface area contributed by atoms with Gasteiger partial charge in [0.1, 0.15) is 17.7 Å². The van der Waals surface area contributed by atoms with Gasteiger partial charge in [0.05, 0.1) is 10.7 Å². The van der Waals surface area contributed by atoms with Crippen molar-refractivity contribution in [1.82, 2.24) is 10.3 Å². The molecule has 4 rings (SSSR count). The van der Waals surface area contributed by atoms with Crippen LogP contribution in [-0.4, -0.2) is 43.9 Å². The second kappa shape index (κ2) is 8.98. The highest BCUT2D eigenvalue weighted by Crippen LogP contribution is 2.55. The minimum atomic E-state index is -1.84. The third kappa shape index (κ3) is 3.64. The van der Waals surface area contributed by atoms with Crippen molar-refractivity contribution in [2.75, 3.05) is 20.7 Å². The first kappa shape index (κ1) is 24.1. The van der Waals surface area contributed by atoms with Crippen LogP contribution in [0.1, 0.15) is 29.7 Å². The summed E-state index contributed by atoms with van der Waals surface area (Å²) in [5, 5.41) is 2.69. The Labute approximate surface area is 199 Å². The van der Waals surface area contributed by atoms with Crippen molar-refractivity contribution in [2.45, 2.75) is 30.7 Å². The molecule has 0 radical (unpaired) electrons. The summed E-state index contributed by atoms with van der Waals surface area (Å²) in [6.45, 7) is 2.03. The Kier molecular flexibility index (Phi) is 6.37. The van der Waals surface area contributed by atoms with Crippen molar-refractivity contribution < 1.29 is 23.0 Å². The molecular weight excluding hydrogens is 468 g/mol. The summed E-state index contributed by atoms with van der Waals surface area (Å²) in [7, 11) is 3.03.